The van der Waals surface area contributed by atoms with Gasteiger partial charge in [0.05, 0.1) is 17.6 Å². The van der Waals surface area contributed by atoms with Crippen LogP contribution in [0.4, 0.5) is 0 Å². The van der Waals surface area contributed by atoms with Crippen LogP contribution >= 0.6 is 15.9 Å². The number of benzene rings is 2. The van der Waals surface area contributed by atoms with Crippen molar-refractivity contribution in [3.8, 4) is 0 Å². The Morgan fingerprint density at radius 1 is 1.06 bits per heavy atom. The molecular weight excluding hydrogens is 506 g/mol. The first-order chi connectivity index (χ1) is 15.7. The topological polar surface area (TPSA) is 80.8 Å². The second kappa shape index (κ2) is 9.00. The lowest BCUT2D eigenvalue weighted by Gasteiger charge is -2.48. The Hall–Kier alpha value is -2.55. The number of esters is 1. The smallest absolute Gasteiger partial charge is 0.337 e. The Morgan fingerprint density at radius 2 is 1.67 bits per heavy atom. The highest BCUT2D eigenvalue weighted by molar-refractivity contribution is 9.09. The standard InChI is InChI=1S/C25H24BrNO5S/c1-17-3-9-21(10-4-17)33(30,31)27-15-22(26)23(25(16-27)13-11-20(28)12-14-25)18-5-7-19(8-6-18)24(29)32-2/h3-14,22-23H,15-16H2,1-2H3/t22-,23+/m1/s1. The van der Waals surface area contributed by atoms with Crippen LogP contribution in [0.2, 0.25) is 0 Å². The second-order valence-electron chi connectivity index (χ2n) is 8.40. The zero-order valence-electron chi connectivity index (χ0n) is 18.3. The molecular formula is C25H24BrNO5S. The van der Waals surface area contributed by atoms with E-state index in [1.807, 2.05) is 19.1 Å². The normalized spacial score (nSPS) is 22.5. The quantitative estimate of drug-likeness (QED) is 0.441. The molecule has 1 saturated heterocycles. The van der Waals surface area contributed by atoms with Gasteiger partial charge in [-0.15, -0.1) is 0 Å². The average molecular weight is 530 g/mol. The number of piperidine rings is 1. The lowest BCUT2D eigenvalue weighted by molar-refractivity contribution is -0.110. The summed E-state index contributed by atoms with van der Waals surface area (Å²) in [5.41, 5.74) is 1.62. The van der Waals surface area contributed by atoms with Crippen molar-refractivity contribution in [3.05, 3.63) is 89.5 Å². The molecule has 0 aromatic heterocycles. The van der Waals surface area contributed by atoms with Crippen LogP contribution in [0.25, 0.3) is 0 Å². The number of allylic oxidation sites excluding steroid dienone is 2. The van der Waals surface area contributed by atoms with Crippen LogP contribution in [0.3, 0.4) is 0 Å². The van der Waals surface area contributed by atoms with Crippen LogP contribution in [-0.4, -0.2) is 49.5 Å². The van der Waals surface area contributed by atoms with Crippen LogP contribution in [0.1, 0.15) is 27.4 Å². The number of ether oxygens (including phenoxy) is 1. The summed E-state index contributed by atoms with van der Waals surface area (Å²) in [4.78, 5) is 23.8. The van der Waals surface area contributed by atoms with E-state index >= 15 is 0 Å². The summed E-state index contributed by atoms with van der Waals surface area (Å²) < 4.78 is 33.2. The molecule has 1 spiro atoms. The maximum atomic E-state index is 13.5. The largest absolute Gasteiger partial charge is 0.465 e. The summed E-state index contributed by atoms with van der Waals surface area (Å²) in [6, 6.07) is 13.9. The molecule has 1 aliphatic heterocycles. The SMILES string of the molecule is COC(=O)c1ccc([C@H]2[C@H](Br)CN(S(=O)(=O)c3ccc(C)cc3)CC23C=CC(=O)C=C3)cc1. The molecule has 0 N–H and O–H groups in total. The van der Waals surface area contributed by atoms with E-state index in [9.17, 15) is 18.0 Å². The van der Waals surface area contributed by atoms with E-state index in [-0.39, 0.29) is 34.5 Å². The van der Waals surface area contributed by atoms with Crippen molar-refractivity contribution in [3.63, 3.8) is 0 Å². The van der Waals surface area contributed by atoms with Gasteiger partial charge in [0.15, 0.2) is 5.78 Å². The first-order valence-corrected chi connectivity index (χ1v) is 12.8. The first kappa shape index (κ1) is 23.6. The summed E-state index contributed by atoms with van der Waals surface area (Å²) >= 11 is 3.74. The van der Waals surface area contributed by atoms with Gasteiger partial charge in [0.25, 0.3) is 0 Å². The predicted octanol–water partition coefficient (Wildman–Crippen LogP) is 4.01. The third-order valence-corrected chi connectivity index (χ3v) is 8.88. The molecule has 1 heterocycles. The minimum absolute atomic E-state index is 0.134. The maximum absolute atomic E-state index is 13.5. The van der Waals surface area contributed by atoms with Gasteiger partial charge < -0.3 is 4.74 Å². The Labute approximate surface area is 202 Å². The first-order valence-electron chi connectivity index (χ1n) is 10.5. The fourth-order valence-electron chi connectivity index (χ4n) is 4.51. The van der Waals surface area contributed by atoms with E-state index in [1.54, 1.807) is 48.6 Å². The molecule has 2 aromatic rings. The Morgan fingerprint density at radius 3 is 2.24 bits per heavy atom. The zero-order chi connectivity index (χ0) is 23.8. The molecule has 6 nitrogen and oxygen atoms in total. The van der Waals surface area contributed by atoms with Crippen molar-refractivity contribution in [2.45, 2.75) is 22.6 Å². The van der Waals surface area contributed by atoms with Crippen LogP contribution in [0.15, 0.2) is 77.7 Å². The van der Waals surface area contributed by atoms with Gasteiger partial charge in [-0.05, 0) is 48.9 Å². The van der Waals surface area contributed by atoms with E-state index in [4.69, 9.17) is 4.74 Å². The van der Waals surface area contributed by atoms with E-state index in [0.29, 0.717) is 5.56 Å². The minimum atomic E-state index is -3.74. The summed E-state index contributed by atoms with van der Waals surface area (Å²) in [7, 11) is -2.41. The Balaban J connectivity index is 1.74. The summed E-state index contributed by atoms with van der Waals surface area (Å²) in [6.07, 6.45) is 6.60. The van der Waals surface area contributed by atoms with Gasteiger partial charge in [0.1, 0.15) is 0 Å². The lowest BCUT2D eigenvalue weighted by atomic mass is 9.66. The van der Waals surface area contributed by atoms with Crippen LogP contribution in [0.5, 0.6) is 0 Å². The minimum Gasteiger partial charge on any atom is -0.465 e. The summed E-state index contributed by atoms with van der Waals surface area (Å²) in [6.45, 7) is 2.36. The van der Waals surface area contributed by atoms with Crippen LogP contribution in [-0.2, 0) is 19.6 Å². The Kier molecular flexibility index (Phi) is 6.44. The molecule has 1 aliphatic carbocycles. The fourth-order valence-corrected chi connectivity index (χ4v) is 7.38. The van der Waals surface area contributed by atoms with Crippen molar-refractivity contribution in [2.75, 3.05) is 20.2 Å². The molecule has 0 radical (unpaired) electrons. The zero-order valence-corrected chi connectivity index (χ0v) is 20.7. The number of carbonyl (C=O) groups excluding carboxylic acids is 2. The molecule has 1 fully saturated rings. The number of methoxy groups -OCH3 is 1. The van der Waals surface area contributed by atoms with Gasteiger partial charge in [0.2, 0.25) is 10.0 Å². The third-order valence-electron chi connectivity index (χ3n) is 6.23. The van der Waals surface area contributed by atoms with Crippen molar-refractivity contribution >= 4 is 37.7 Å². The molecule has 8 heteroatoms. The summed E-state index contributed by atoms with van der Waals surface area (Å²) in [5.74, 6) is -0.715. The number of aryl methyl sites for hydroxylation is 1. The van der Waals surface area contributed by atoms with Crippen molar-refractivity contribution in [1.29, 1.82) is 0 Å². The number of halogens is 1. The molecule has 2 aliphatic rings. The monoisotopic (exact) mass is 529 g/mol. The van der Waals surface area contributed by atoms with E-state index < -0.39 is 21.4 Å². The van der Waals surface area contributed by atoms with Gasteiger partial charge in [-0.1, -0.05) is 57.9 Å². The number of hydrogen-bond donors (Lipinski definition) is 0. The molecule has 4 rings (SSSR count). The fraction of sp³-hybridized carbons (Fsp3) is 0.280. The number of carbonyl (C=O) groups is 2. The number of rotatable bonds is 4. The molecule has 172 valence electrons. The van der Waals surface area contributed by atoms with Crippen LogP contribution < -0.4 is 0 Å². The van der Waals surface area contributed by atoms with Gasteiger partial charge >= 0.3 is 5.97 Å². The molecule has 33 heavy (non-hydrogen) atoms. The number of alkyl halides is 1. The van der Waals surface area contributed by atoms with E-state index in [0.717, 1.165) is 11.1 Å². The van der Waals surface area contributed by atoms with Gasteiger partial charge in [0, 0.05) is 29.2 Å². The number of hydrogen-bond acceptors (Lipinski definition) is 5. The highest BCUT2D eigenvalue weighted by atomic mass is 79.9. The second-order valence-corrected chi connectivity index (χ2v) is 11.5. The maximum Gasteiger partial charge on any atom is 0.337 e. The number of sulfonamides is 1. The highest BCUT2D eigenvalue weighted by Gasteiger charge is 2.49. The predicted molar refractivity (Wildman–Crippen MR) is 129 cm³/mol. The third kappa shape index (κ3) is 4.47. The molecule has 0 saturated carbocycles. The number of nitrogens with zero attached hydrogens (tertiary/aromatic N) is 1. The van der Waals surface area contributed by atoms with Crippen molar-refractivity contribution in [1.82, 2.24) is 4.31 Å². The molecule has 0 unspecified atom stereocenters. The van der Waals surface area contributed by atoms with Gasteiger partial charge in [-0.2, -0.15) is 4.31 Å². The van der Waals surface area contributed by atoms with Crippen LogP contribution in [0, 0.1) is 12.3 Å². The summed E-state index contributed by atoms with van der Waals surface area (Å²) in [5, 5.41) is 0. The van der Waals surface area contributed by atoms with E-state index in [2.05, 4.69) is 15.9 Å². The number of ketones is 1. The van der Waals surface area contributed by atoms with E-state index in [1.165, 1.54) is 23.6 Å². The lowest BCUT2D eigenvalue weighted by Crippen LogP contribution is -2.53. The Bertz CT molecular complexity index is 1220. The van der Waals surface area contributed by atoms with Crippen molar-refractivity contribution < 1.29 is 22.7 Å². The molecule has 2 atom stereocenters. The average Bonchev–Trinajstić information content (AvgIpc) is 2.81. The van der Waals surface area contributed by atoms with Gasteiger partial charge in [-0.3, -0.25) is 4.79 Å². The molecule has 0 bridgehead atoms. The molecule has 2 aromatic carbocycles. The highest BCUT2D eigenvalue weighted by Crippen LogP contribution is 2.49. The van der Waals surface area contributed by atoms with Crippen molar-refractivity contribution in [2.24, 2.45) is 5.41 Å². The molecule has 0 amide bonds. The van der Waals surface area contributed by atoms with Gasteiger partial charge in [-0.25, -0.2) is 13.2 Å².